The predicted molar refractivity (Wildman–Crippen MR) is 63.3 cm³/mol. The fourth-order valence-electron chi connectivity index (χ4n) is 2.42. The molecule has 1 aliphatic rings. The minimum Gasteiger partial charge on any atom is -0.395 e. The van der Waals surface area contributed by atoms with E-state index in [1.807, 2.05) is 0 Å². The van der Waals surface area contributed by atoms with E-state index in [1.54, 1.807) is 18.6 Å². The van der Waals surface area contributed by atoms with Crippen molar-refractivity contribution in [2.75, 3.05) is 18.1 Å². The molecule has 16 heavy (non-hydrogen) atoms. The minimum absolute atomic E-state index is 0.174. The number of nitrogens with zero attached hydrogens (tertiary/aromatic N) is 3. The maximum absolute atomic E-state index is 9.14. The molecule has 0 amide bonds. The summed E-state index contributed by atoms with van der Waals surface area (Å²) in [5.74, 6) is 0.892. The topological polar surface area (TPSA) is 49.2 Å². The van der Waals surface area contributed by atoms with Crippen LogP contribution in [0.4, 0.5) is 5.82 Å². The van der Waals surface area contributed by atoms with Crippen LogP contribution in [0.1, 0.15) is 32.1 Å². The predicted octanol–water partition coefficient (Wildman–Crippen LogP) is 1.61. The normalized spacial score (nSPS) is 17.3. The fraction of sp³-hybridized carbons (Fsp3) is 0.667. The van der Waals surface area contributed by atoms with Crippen LogP contribution in [-0.2, 0) is 0 Å². The highest BCUT2D eigenvalue weighted by Gasteiger charge is 2.21. The lowest BCUT2D eigenvalue weighted by molar-refractivity contribution is 0.289. The van der Waals surface area contributed by atoms with E-state index in [9.17, 15) is 0 Å². The molecule has 0 saturated heterocycles. The lowest BCUT2D eigenvalue weighted by atomic mass is 9.94. The zero-order chi connectivity index (χ0) is 11.2. The molecule has 4 heteroatoms. The monoisotopic (exact) mass is 221 g/mol. The van der Waals surface area contributed by atoms with Gasteiger partial charge in [0.2, 0.25) is 0 Å². The van der Waals surface area contributed by atoms with Gasteiger partial charge in [-0.15, -0.1) is 0 Å². The highest BCUT2D eigenvalue weighted by Crippen LogP contribution is 2.25. The van der Waals surface area contributed by atoms with Crippen LogP contribution in [0.3, 0.4) is 0 Å². The molecule has 0 aliphatic heterocycles. The number of anilines is 1. The number of hydrogen-bond donors (Lipinski definition) is 1. The third kappa shape index (κ3) is 2.70. The summed E-state index contributed by atoms with van der Waals surface area (Å²) in [5, 5.41) is 9.14. The Labute approximate surface area is 96.3 Å². The zero-order valence-electron chi connectivity index (χ0n) is 9.55. The zero-order valence-corrected chi connectivity index (χ0v) is 9.55. The van der Waals surface area contributed by atoms with Crippen LogP contribution in [0.15, 0.2) is 18.6 Å². The Hall–Kier alpha value is -1.16. The van der Waals surface area contributed by atoms with Crippen molar-refractivity contribution >= 4 is 5.82 Å². The average molecular weight is 221 g/mol. The number of aromatic nitrogens is 2. The van der Waals surface area contributed by atoms with Gasteiger partial charge in [0.05, 0.1) is 12.8 Å². The molecule has 1 N–H and O–H groups in total. The third-order valence-corrected chi connectivity index (χ3v) is 3.20. The Balaban J connectivity index is 2.09. The molecule has 1 aromatic rings. The molecule has 1 heterocycles. The molecule has 0 radical (unpaired) electrons. The van der Waals surface area contributed by atoms with Gasteiger partial charge >= 0.3 is 0 Å². The van der Waals surface area contributed by atoms with E-state index in [0.29, 0.717) is 12.6 Å². The Morgan fingerprint density at radius 2 is 2.06 bits per heavy atom. The summed E-state index contributed by atoms with van der Waals surface area (Å²) >= 11 is 0. The van der Waals surface area contributed by atoms with E-state index in [4.69, 9.17) is 5.11 Å². The fourth-order valence-corrected chi connectivity index (χ4v) is 2.42. The summed E-state index contributed by atoms with van der Waals surface area (Å²) in [6.07, 6.45) is 11.5. The minimum atomic E-state index is 0.174. The number of hydrogen-bond acceptors (Lipinski definition) is 4. The molecule has 1 fully saturated rings. The smallest absolute Gasteiger partial charge is 0.147 e. The standard InChI is InChI=1S/C12H19N3O/c16-9-8-15(11-4-2-1-3-5-11)12-10-13-6-7-14-12/h6-7,10-11,16H,1-5,8-9H2. The first-order chi connectivity index (χ1) is 7.92. The van der Waals surface area contributed by atoms with Crippen LogP contribution in [-0.4, -0.2) is 34.3 Å². The lowest BCUT2D eigenvalue weighted by Crippen LogP contribution is -2.39. The summed E-state index contributed by atoms with van der Waals surface area (Å²) < 4.78 is 0. The average Bonchev–Trinajstić information content (AvgIpc) is 2.38. The van der Waals surface area contributed by atoms with E-state index in [0.717, 1.165) is 5.82 Å². The molecule has 1 aromatic heterocycles. The van der Waals surface area contributed by atoms with Gasteiger partial charge in [0, 0.05) is 25.0 Å². The second kappa shape index (κ2) is 5.80. The van der Waals surface area contributed by atoms with Gasteiger partial charge in [-0.2, -0.15) is 0 Å². The molecule has 88 valence electrons. The van der Waals surface area contributed by atoms with Crippen LogP contribution in [0, 0.1) is 0 Å². The van der Waals surface area contributed by atoms with Crippen LogP contribution in [0.25, 0.3) is 0 Å². The molecule has 0 unspecified atom stereocenters. The first kappa shape index (κ1) is 11.3. The molecular formula is C12H19N3O. The maximum atomic E-state index is 9.14. The first-order valence-electron chi connectivity index (χ1n) is 6.05. The highest BCUT2D eigenvalue weighted by molar-refractivity contribution is 5.36. The summed E-state index contributed by atoms with van der Waals surface area (Å²) in [5.41, 5.74) is 0. The van der Waals surface area contributed by atoms with Crippen molar-refractivity contribution in [3.05, 3.63) is 18.6 Å². The Bertz CT molecular complexity index is 298. The molecule has 1 saturated carbocycles. The molecule has 0 bridgehead atoms. The third-order valence-electron chi connectivity index (χ3n) is 3.20. The van der Waals surface area contributed by atoms with Crippen LogP contribution >= 0.6 is 0 Å². The maximum Gasteiger partial charge on any atom is 0.147 e. The highest BCUT2D eigenvalue weighted by atomic mass is 16.3. The molecule has 0 aromatic carbocycles. The van der Waals surface area contributed by atoms with E-state index in [2.05, 4.69) is 14.9 Å². The quantitative estimate of drug-likeness (QED) is 0.839. The van der Waals surface area contributed by atoms with Gasteiger partial charge in [-0.1, -0.05) is 19.3 Å². The van der Waals surface area contributed by atoms with Crippen LogP contribution in [0.2, 0.25) is 0 Å². The van der Waals surface area contributed by atoms with Crippen molar-refractivity contribution in [3.63, 3.8) is 0 Å². The first-order valence-corrected chi connectivity index (χ1v) is 6.05. The van der Waals surface area contributed by atoms with E-state index >= 15 is 0 Å². The van der Waals surface area contributed by atoms with Gasteiger partial charge in [-0.05, 0) is 12.8 Å². The van der Waals surface area contributed by atoms with Gasteiger partial charge in [0.1, 0.15) is 5.82 Å². The second-order valence-corrected chi connectivity index (χ2v) is 4.27. The second-order valence-electron chi connectivity index (χ2n) is 4.27. The van der Waals surface area contributed by atoms with Crippen LogP contribution < -0.4 is 4.90 Å². The molecule has 4 nitrogen and oxygen atoms in total. The molecular weight excluding hydrogens is 202 g/mol. The van der Waals surface area contributed by atoms with Crippen LogP contribution in [0.5, 0.6) is 0 Å². The van der Waals surface area contributed by atoms with Gasteiger partial charge in [-0.3, -0.25) is 4.98 Å². The molecule has 1 aliphatic carbocycles. The van der Waals surface area contributed by atoms with Crippen molar-refractivity contribution in [1.82, 2.24) is 9.97 Å². The summed E-state index contributed by atoms with van der Waals surface area (Å²) in [7, 11) is 0. The van der Waals surface area contributed by atoms with E-state index in [-0.39, 0.29) is 6.61 Å². The van der Waals surface area contributed by atoms with E-state index < -0.39 is 0 Å². The van der Waals surface area contributed by atoms with E-state index in [1.165, 1.54) is 32.1 Å². The van der Waals surface area contributed by atoms with Gasteiger partial charge < -0.3 is 10.0 Å². The van der Waals surface area contributed by atoms with Gasteiger partial charge in [-0.25, -0.2) is 4.98 Å². The summed E-state index contributed by atoms with van der Waals surface area (Å²) in [4.78, 5) is 10.6. The Kier molecular flexibility index (Phi) is 4.10. The van der Waals surface area contributed by atoms with Crippen molar-refractivity contribution < 1.29 is 5.11 Å². The van der Waals surface area contributed by atoms with Crippen molar-refractivity contribution in [3.8, 4) is 0 Å². The Morgan fingerprint density at radius 3 is 2.69 bits per heavy atom. The molecule has 0 spiro atoms. The summed E-state index contributed by atoms with van der Waals surface area (Å²) in [6, 6.07) is 0.526. The van der Waals surface area contributed by atoms with Crippen molar-refractivity contribution in [2.24, 2.45) is 0 Å². The number of aliphatic hydroxyl groups is 1. The number of aliphatic hydroxyl groups excluding tert-OH is 1. The molecule has 2 rings (SSSR count). The van der Waals surface area contributed by atoms with Crippen molar-refractivity contribution in [1.29, 1.82) is 0 Å². The Morgan fingerprint density at radius 1 is 1.25 bits per heavy atom. The van der Waals surface area contributed by atoms with Gasteiger partial charge in [0.25, 0.3) is 0 Å². The lowest BCUT2D eigenvalue weighted by Gasteiger charge is -2.34. The molecule has 0 atom stereocenters. The largest absolute Gasteiger partial charge is 0.395 e. The SMILES string of the molecule is OCCN(c1cnccn1)C1CCCCC1. The van der Waals surface area contributed by atoms with Crippen molar-refractivity contribution in [2.45, 2.75) is 38.1 Å². The summed E-state index contributed by atoms with van der Waals surface area (Å²) in [6.45, 7) is 0.830. The van der Waals surface area contributed by atoms with Gasteiger partial charge in [0.15, 0.2) is 0 Å². The number of rotatable bonds is 4.